The smallest absolute Gasteiger partial charge is 0.258 e. The topological polar surface area (TPSA) is 55.5 Å². The number of halogens is 1. The number of hydrogen-bond acceptors (Lipinski definition) is 3. The SMILES string of the molecule is C/C(Br)=N\c1ccc([N+](=O)[O-])c(C)c1. The van der Waals surface area contributed by atoms with Crippen molar-refractivity contribution in [3.8, 4) is 0 Å². The molecule has 0 amide bonds. The molecule has 0 bridgehead atoms. The van der Waals surface area contributed by atoms with Crippen LogP contribution in [0.4, 0.5) is 11.4 Å². The molecule has 0 fully saturated rings. The van der Waals surface area contributed by atoms with Gasteiger partial charge in [-0.15, -0.1) is 0 Å². The van der Waals surface area contributed by atoms with Crippen molar-refractivity contribution < 1.29 is 4.92 Å². The van der Waals surface area contributed by atoms with Crippen LogP contribution in [0.3, 0.4) is 0 Å². The number of benzene rings is 1. The van der Waals surface area contributed by atoms with Gasteiger partial charge in [0.15, 0.2) is 0 Å². The van der Waals surface area contributed by atoms with Crippen LogP contribution in [0.5, 0.6) is 0 Å². The maximum absolute atomic E-state index is 10.5. The van der Waals surface area contributed by atoms with Gasteiger partial charge >= 0.3 is 0 Å². The van der Waals surface area contributed by atoms with Crippen molar-refractivity contribution >= 4 is 31.9 Å². The summed E-state index contributed by atoms with van der Waals surface area (Å²) in [6.45, 7) is 3.50. The molecule has 5 heteroatoms. The van der Waals surface area contributed by atoms with E-state index in [0.29, 0.717) is 11.3 Å². The fraction of sp³-hybridized carbons (Fsp3) is 0.222. The van der Waals surface area contributed by atoms with E-state index >= 15 is 0 Å². The predicted molar refractivity (Wildman–Crippen MR) is 59.5 cm³/mol. The molecular formula is C9H9BrN2O2. The van der Waals surface area contributed by atoms with Gasteiger partial charge in [-0.3, -0.25) is 10.1 Å². The first-order chi connectivity index (χ1) is 6.50. The van der Waals surface area contributed by atoms with Gasteiger partial charge in [-0.25, -0.2) is 4.99 Å². The molecule has 0 aromatic heterocycles. The molecule has 0 atom stereocenters. The Hall–Kier alpha value is -1.23. The van der Waals surface area contributed by atoms with Crippen molar-refractivity contribution in [2.24, 2.45) is 4.99 Å². The highest BCUT2D eigenvalue weighted by Gasteiger charge is 2.09. The van der Waals surface area contributed by atoms with Gasteiger partial charge in [-0.05, 0) is 41.9 Å². The number of nitro groups is 1. The van der Waals surface area contributed by atoms with Gasteiger partial charge < -0.3 is 0 Å². The van der Waals surface area contributed by atoms with Crippen molar-refractivity contribution in [2.75, 3.05) is 0 Å². The summed E-state index contributed by atoms with van der Waals surface area (Å²) in [5.74, 6) is 0. The van der Waals surface area contributed by atoms with Crippen molar-refractivity contribution in [1.29, 1.82) is 0 Å². The molecule has 0 radical (unpaired) electrons. The highest BCUT2D eigenvalue weighted by molar-refractivity contribution is 9.18. The molecular weight excluding hydrogens is 248 g/mol. The largest absolute Gasteiger partial charge is 0.272 e. The highest BCUT2D eigenvalue weighted by Crippen LogP contribution is 2.23. The Morgan fingerprint density at radius 3 is 2.64 bits per heavy atom. The standard InChI is InChI=1S/C9H9BrN2O2/c1-6-5-8(11-7(2)10)3-4-9(6)12(13)14/h3-5H,1-2H3/b11-7+. The van der Waals surface area contributed by atoms with Crippen LogP contribution in [0, 0.1) is 17.0 Å². The Labute approximate surface area is 89.9 Å². The molecule has 74 valence electrons. The Morgan fingerprint density at radius 2 is 2.21 bits per heavy atom. The molecule has 0 aliphatic heterocycles. The van der Waals surface area contributed by atoms with Crippen molar-refractivity contribution in [3.63, 3.8) is 0 Å². The third kappa shape index (κ3) is 2.63. The second-order valence-electron chi connectivity index (χ2n) is 2.84. The Bertz CT molecular complexity index is 398. The number of hydrogen-bond donors (Lipinski definition) is 0. The molecule has 1 aromatic carbocycles. The summed E-state index contributed by atoms with van der Waals surface area (Å²) in [6.07, 6.45) is 0. The monoisotopic (exact) mass is 256 g/mol. The molecule has 0 N–H and O–H groups in total. The summed E-state index contributed by atoms with van der Waals surface area (Å²) in [5.41, 5.74) is 1.45. The van der Waals surface area contributed by atoms with Gasteiger partial charge in [0.1, 0.15) is 0 Å². The normalized spacial score (nSPS) is 11.5. The van der Waals surface area contributed by atoms with E-state index in [2.05, 4.69) is 20.9 Å². The molecule has 14 heavy (non-hydrogen) atoms. The molecule has 1 rings (SSSR count). The number of nitrogens with zero attached hydrogens (tertiary/aromatic N) is 2. The highest BCUT2D eigenvalue weighted by atomic mass is 79.9. The number of nitro benzene ring substituents is 1. The summed E-state index contributed by atoms with van der Waals surface area (Å²) in [7, 11) is 0. The van der Waals surface area contributed by atoms with Crippen LogP contribution < -0.4 is 0 Å². The molecule has 0 unspecified atom stereocenters. The van der Waals surface area contributed by atoms with Crippen LogP contribution in [0.2, 0.25) is 0 Å². The lowest BCUT2D eigenvalue weighted by atomic mass is 10.2. The van der Waals surface area contributed by atoms with Crippen LogP contribution in [-0.2, 0) is 0 Å². The zero-order valence-corrected chi connectivity index (χ0v) is 9.41. The fourth-order valence-corrected chi connectivity index (χ4v) is 1.30. The van der Waals surface area contributed by atoms with Crippen LogP contribution in [-0.4, -0.2) is 9.54 Å². The predicted octanol–water partition coefficient (Wildman–Crippen LogP) is 3.35. The van der Waals surface area contributed by atoms with E-state index in [4.69, 9.17) is 0 Å². The van der Waals surface area contributed by atoms with E-state index in [-0.39, 0.29) is 5.69 Å². The summed E-state index contributed by atoms with van der Waals surface area (Å²) in [4.78, 5) is 14.2. The summed E-state index contributed by atoms with van der Waals surface area (Å²) in [6, 6.07) is 4.77. The second kappa shape index (κ2) is 4.32. The van der Waals surface area contributed by atoms with Gasteiger partial charge in [0, 0.05) is 11.6 Å². The lowest BCUT2D eigenvalue weighted by molar-refractivity contribution is -0.385. The van der Waals surface area contributed by atoms with Gasteiger partial charge in [0.25, 0.3) is 5.69 Å². The van der Waals surface area contributed by atoms with Gasteiger partial charge in [0.2, 0.25) is 0 Å². The Kier molecular flexibility index (Phi) is 3.35. The van der Waals surface area contributed by atoms with Crippen LogP contribution in [0.25, 0.3) is 0 Å². The molecule has 0 saturated carbocycles. The number of aliphatic imine (C=N–C) groups is 1. The summed E-state index contributed by atoms with van der Waals surface area (Å²) >= 11 is 3.20. The fourth-order valence-electron chi connectivity index (χ4n) is 1.09. The van der Waals surface area contributed by atoms with Gasteiger partial charge in [0.05, 0.1) is 15.2 Å². The average molecular weight is 257 g/mol. The third-order valence-corrected chi connectivity index (χ3v) is 1.84. The van der Waals surface area contributed by atoms with E-state index < -0.39 is 4.92 Å². The maximum Gasteiger partial charge on any atom is 0.272 e. The first kappa shape index (κ1) is 10.8. The third-order valence-electron chi connectivity index (χ3n) is 1.66. The zero-order chi connectivity index (χ0) is 10.7. The minimum absolute atomic E-state index is 0.121. The minimum atomic E-state index is -0.399. The second-order valence-corrected chi connectivity index (χ2v) is 3.98. The van der Waals surface area contributed by atoms with Crippen LogP contribution in [0.1, 0.15) is 12.5 Å². The molecule has 0 heterocycles. The van der Waals surface area contributed by atoms with E-state index in [1.54, 1.807) is 26.0 Å². The Balaban J connectivity index is 3.13. The van der Waals surface area contributed by atoms with Crippen molar-refractivity contribution in [3.05, 3.63) is 33.9 Å². The quantitative estimate of drug-likeness (QED) is 0.463. The van der Waals surface area contributed by atoms with E-state index in [0.717, 1.165) is 4.62 Å². The van der Waals surface area contributed by atoms with Gasteiger partial charge in [-0.2, -0.15) is 0 Å². The zero-order valence-electron chi connectivity index (χ0n) is 7.82. The summed E-state index contributed by atoms with van der Waals surface area (Å²) in [5, 5.41) is 10.5. The number of rotatable bonds is 2. The maximum atomic E-state index is 10.5. The van der Waals surface area contributed by atoms with E-state index in [9.17, 15) is 10.1 Å². The van der Waals surface area contributed by atoms with Crippen LogP contribution >= 0.6 is 15.9 Å². The first-order valence-electron chi connectivity index (χ1n) is 3.96. The summed E-state index contributed by atoms with van der Waals surface area (Å²) < 4.78 is 0.741. The molecule has 0 aliphatic rings. The first-order valence-corrected chi connectivity index (χ1v) is 4.76. The van der Waals surface area contributed by atoms with E-state index in [1.165, 1.54) is 6.07 Å². The minimum Gasteiger partial charge on any atom is -0.258 e. The van der Waals surface area contributed by atoms with Crippen molar-refractivity contribution in [1.82, 2.24) is 0 Å². The molecule has 1 aromatic rings. The molecule has 0 aliphatic carbocycles. The molecule has 4 nitrogen and oxygen atoms in total. The molecule has 0 spiro atoms. The number of aryl methyl sites for hydroxylation is 1. The molecule has 0 saturated heterocycles. The Morgan fingerprint density at radius 1 is 1.57 bits per heavy atom. The van der Waals surface area contributed by atoms with Gasteiger partial charge in [-0.1, -0.05) is 0 Å². The lowest BCUT2D eigenvalue weighted by Gasteiger charge is -1.98. The lowest BCUT2D eigenvalue weighted by Crippen LogP contribution is -1.90. The average Bonchev–Trinajstić information content (AvgIpc) is 2.01. The van der Waals surface area contributed by atoms with Crippen molar-refractivity contribution in [2.45, 2.75) is 13.8 Å². The van der Waals surface area contributed by atoms with Crippen LogP contribution in [0.15, 0.2) is 23.2 Å². The van der Waals surface area contributed by atoms with E-state index in [1.807, 2.05) is 0 Å².